The molecule has 2 aromatic carbocycles. The van der Waals surface area contributed by atoms with Crippen LogP contribution in [-0.4, -0.2) is 31.2 Å². The number of rotatable bonds is 9. The third-order valence-electron chi connectivity index (χ3n) is 5.53. The Kier molecular flexibility index (Phi) is 6.92. The normalized spacial score (nSPS) is 11.5. The summed E-state index contributed by atoms with van der Waals surface area (Å²) < 4.78 is 41.4. The number of fused-ring (bicyclic) bond motifs is 1. The second kappa shape index (κ2) is 10.3. The molecule has 12 heteroatoms. The van der Waals surface area contributed by atoms with Gasteiger partial charge in [-0.25, -0.2) is 8.42 Å². The van der Waals surface area contributed by atoms with Crippen LogP contribution in [-0.2, 0) is 23.1 Å². The quantitative estimate of drug-likeness (QED) is 0.260. The van der Waals surface area contributed by atoms with Gasteiger partial charge < -0.3 is 14.5 Å². The highest BCUT2D eigenvalue weighted by Crippen LogP contribution is 2.35. The molecule has 190 valence electrons. The number of nitrogens with one attached hydrogen (secondary N) is 2. The number of methoxy groups -OCH3 is 1. The maximum Gasteiger partial charge on any atom is 0.287 e. The Morgan fingerprint density at radius 1 is 1.11 bits per heavy atom. The molecule has 0 saturated carbocycles. The van der Waals surface area contributed by atoms with Gasteiger partial charge in [0.2, 0.25) is 0 Å². The molecule has 0 fully saturated rings. The molecule has 1 amide bonds. The first-order chi connectivity index (χ1) is 17.8. The van der Waals surface area contributed by atoms with E-state index in [9.17, 15) is 13.2 Å². The van der Waals surface area contributed by atoms with E-state index in [0.29, 0.717) is 34.1 Å². The summed E-state index contributed by atoms with van der Waals surface area (Å²) in [6.45, 7) is 0.672. The Morgan fingerprint density at radius 3 is 2.65 bits per heavy atom. The van der Waals surface area contributed by atoms with Crippen molar-refractivity contribution in [1.82, 2.24) is 15.1 Å². The smallest absolute Gasteiger partial charge is 0.287 e. The molecule has 0 aliphatic heterocycles. The maximum atomic E-state index is 13.0. The predicted octanol–water partition coefficient (Wildman–Crippen LogP) is 5.13. The zero-order valence-corrected chi connectivity index (χ0v) is 21.9. The molecule has 0 atom stereocenters. The number of furan rings is 1. The van der Waals surface area contributed by atoms with Crippen molar-refractivity contribution in [2.75, 3.05) is 11.8 Å². The first kappa shape index (κ1) is 24.9. The van der Waals surface area contributed by atoms with E-state index in [-0.39, 0.29) is 21.7 Å². The standard InChI is InChI=1S/C25H21ClN4O5S2/c1-34-19-8-3-7-18-23(19)24(29-37(32,33)22-11-10-21(26)36-22)28-30(18)15-17-6-2-5-16(13-17)14-27-25(31)20-9-4-12-35-20/h2-13H,14-15H2,1H3,(H,27,31)(H,28,29). The van der Waals surface area contributed by atoms with Crippen molar-refractivity contribution in [3.05, 3.63) is 94.2 Å². The van der Waals surface area contributed by atoms with E-state index in [1.54, 1.807) is 22.9 Å². The number of carbonyl (C=O) groups is 1. The number of aromatic nitrogens is 2. The van der Waals surface area contributed by atoms with Crippen LogP contribution < -0.4 is 14.8 Å². The van der Waals surface area contributed by atoms with Gasteiger partial charge in [0.05, 0.1) is 35.2 Å². The summed E-state index contributed by atoms with van der Waals surface area (Å²) in [4.78, 5) is 12.2. The topological polar surface area (TPSA) is 115 Å². The molecule has 0 bridgehead atoms. The summed E-state index contributed by atoms with van der Waals surface area (Å²) in [6.07, 6.45) is 1.45. The number of benzene rings is 2. The van der Waals surface area contributed by atoms with Crippen LogP contribution in [0.1, 0.15) is 21.7 Å². The molecular formula is C25H21ClN4O5S2. The molecule has 2 N–H and O–H groups in total. The molecule has 9 nitrogen and oxygen atoms in total. The molecule has 5 rings (SSSR count). The fraction of sp³-hybridized carbons (Fsp3) is 0.120. The SMILES string of the molecule is COc1cccc2c1c(NS(=O)(=O)c1ccc(Cl)s1)nn2Cc1cccc(CNC(=O)c2ccco2)c1. The number of nitrogens with zero attached hydrogens (tertiary/aromatic N) is 2. The van der Waals surface area contributed by atoms with Gasteiger partial charge in [0.1, 0.15) is 9.96 Å². The lowest BCUT2D eigenvalue weighted by Crippen LogP contribution is -2.22. The number of halogens is 1. The zero-order valence-electron chi connectivity index (χ0n) is 19.5. The second-order valence-electron chi connectivity index (χ2n) is 8.00. The van der Waals surface area contributed by atoms with Gasteiger partial charge in [-0.15, -0.1) is 11.3 Å². The molecule has 3 heterocycles. The Balaban J connectivity index is 1.43. The van der Waals surface area contributed by atoms with E-state index in [1.807, 2.05) is 36.4 Å². The Labute approximate surface area is 221 Å². The molecule has 37 heavy (non-hydrogen) atoms. The highest BCUT2D eigenvalue weighted by atomic mass is 35.5. The van der Waals surface area contributed by atoms with Crippen molar-refractivity contribution in [3.8, 4) is 5.75 Å². The summed E-state index contributed by atoms with van der Waals surface area (Å²) >= 11 is 6.90. The summed E-state index contributed by atoms with van der Waals surface area (Å²) in [7, 11) is -2.39. The van der Waals surface area contributed by atoms with Gasteiger partial charge in [-0.2, -0.15) is 5.10 Å². The van der Waals surface area contributed by atoms with Crippen molar-refractivity contribution >= 4 is 55.6 Å². The number of thiophene rings is 1. The average Bonchev–Trinajstić information content (AvgIpc) is 3.64. The van der Waals surface area contributed by atoms with Crippen LogP contribution in [0.15, 0.2) is 81.6 Å². The number of hydrogen-bond acceptors (Lipinski definition) is 7. The first-order valence-corrected chi connectivity index (χ1v) is 13.7. The maximum absolute atomic E-state index is 13.0. The van der Waals surface area contributed by atoms with Gasteiger partial charge in [0, 0.05) is 6.54 Å². The second-order valence-corrected chi connectivity index (χ2v) is 11.6. The lowest BCUT2D eigenvalue weighted by Gasteiger charge is -2.08. The highest BCUT2D eigenvalue weighted by molar-refractivity contribution is 7.94. The molecular weight excluding hydrogens is 536 g/mol. The molecule has 0 radical (unpaired) electrons. The van der Waals surface area contributed by atoms with Crippen LogP contribution in [0.4, 0.5) is 5.82 Å². The van der Waals surface area contributed by atoms with Crippen LogP contribution in [0.25, 0.3) is 10.9 Å². The van der Waals surface area contributed by atoms with E-state index in [0.717, 1.165) is 22.5 Å². The number of carbonyl (C=O) groups excluding carboxylic acids is 1. The van der Waals surface area contributed by atoms with Crippen LogP contribution in [0.3, 0.4) is 0 Å². The van der Waals surface area contributed by atoms with E-state index >= 15 is 0 Å². The van der Waals surface area contributed by atoms with Gasteiger partial charge in [0.15, 0.2) is 11.6 Å². The zero-order chi connectivity index (χ0) is 26.0. The summed E-state index contributed by atoms with van der Waals surface area (Å²) in [5.41, 5.74) is 2.50. The van der Waals surface area contributed by atoms with Crippen molar-refractivity contribution in [2.24, 2.45) is 0 Å². The number of sulfonamides is 1. The molecule has 0 aliphatic rings. The largest absolute Gasteiger partial charge is 0.496 e. The lowest BCUT2D eigenvalue weighted by molar-refractivity contribution is 0.0923. The van der Waals surface area contributed by atoms with Crippen LogP contribution in [0.2, 0.25) is 4.34 Å². The molecule has 0 unspecified atom stereocenters. The predicted molar refractivity (Wildman–Crippen MR) is 142 cm³/mol. The van der Waals surface area contributed by atoms with Crippen molar-refractivity contribution in [2.45, 2.75) is 17.3 Å². The fourth-order valence-corrected chi connectivity index (χ4v) is 6.36. The monoisotopic (exact) mass is 556 g/mol. The Morgan fingerprint density at radius 2 is 1.92 bits per heavy atom. The van der Waals surface area contributed by atoms with Gasteiger partial charge in [-0.1, -0.05) is 41.9 Å². The first-order valence-electron chi connectivity index (χ1n) is 11.1. The summed E-state index contributed by atoms with van der Waals surface area (Å²) in [6, 6.07) is 19.3. The van der Waals surface area contributed by atoms with Crippen molar-refractivity contribution < 1.29 is 22.4 Å². The molecule has 5 aromatic rings. The molecule has 3 aromatic heterocycles. The third-order valence-corrected chi connectivity index (χ3v) is 8.59. The van der Waals surface area contributed by atoms with Gasteiger partial charge in [0.25, 0.3) is 15.9 Å². The summed E-state index contributed by atoms with van der Waals surface area (Å²) in [5.74, 6) is 0.580. The van der Waals surface area contributed by atoms with Gasteiger partial charge in [-0.3, -0.25) is 14.2 Å². The van der Waals surface area contributed by atoms with E-state index in [4.69, 9.17) is 20.8 Å². The number of hydrogen-bond donors (Lipinski definition) is 2. The van der Waals surface area contributed by atoms with E-state index in [1.165, 1.54) is 25.5 Å². The van der Waals surface area contributed by atoms with Crippen LogP contribution >= 0.6 is 22.9 Å². The Hall–Kier alpha value is -3.80. The fourth-order valence-electron chi connectivity index (χ4n) is 3.87. The van der Waals surface area contributed by atoms with Crippen molar-refractivity contribution in [3.63, 3.8) is 0 Å². The number of ether oxygens (including phenoxy) is 1. The van der Waals surface area contributed by atoms with Crippen molar-refractivity contribution in [1.29, 1.82) is 0 Å². The van der Waals surface area contributed by atoms with E-state index < -0.39 is 10.0 Å². The van der Waals surface area contributed by atoms with Gasteiger partial charge in [-0.05, 0) is 47.5 Å². The average molecular weight is 557 g/mol. The number of anilines is 1. The minimum absolute atomic E-state index is 0.0828. The molecule has 0 aliphatic carbocycles. The minimum atomic E-state index is -3.90. The minimum Gasteiger partial charge on any atom is -0.496 e. The van der Waals surface area contributed by atoms with Crippen LogP contribution in [0, 0.1) is 0 Å². The number of amides is 1. The summed E-state index contributed by atoms with van der Waals surface area (Å²) in [5, 5.41) is 7.95. The molecule has 0 saturated heterocycles. The van der Waals surface area contributed by atoms with Gasteiger partial charge >= 0.3 is 0 Å². The molecule has 0 spiro atoms. The lowest BCUT2D eigenvalue weighted by atomic mass is 10.1. The van der Waals surface area contributed by atoms with E-state index in [2.05, 4.69) is 15.1 Å². The van der Waals surface area contributed by atoms with Crippen LogP contribution in [0.5, 0.6) is 5.75 Å². The Bertz CT molecular complexity index is 1680. The highest BCUT2D eigenvalue weighted by Gasteiger charge is 2.23. The third kappa shape index (κ3) is 5.33.